The van der Waals surface area contributed by atoms with E-state index in [1.165, 1.54) is 14.2 Å². The second kappa shape index (κ2) is 8.12. The van der Waals surface area contributed by atoms with E-state index in [0.29, 0.717) is 17.1 Å². The minimum Gasteiger partial charge on any atom is -0.493 e. The summed E-state index contributed by atoms with van der Waals surface area (Å²) in [5.41, 5.74) is 4.03. The highest BCUT2D eigenvalue weighted by Crippen LogP contribution is 2.41. The van der Waals surface area contributed by atoms with Crippen LogP contribution in [0.3, 0.4) is 0 Å². The molecule has 0 amide bonds. The van der Waals surface area contributed by atoms with Crippen LogP contribution in [0.25, 0.3) is 0 Å². The summed E-state index contributed by atoms with van der Waals surface area (Å²) in [5.74, 6) is -0.154. The number of hydrogen-bond acceptors (Lipinski definition) is 6. The Morgan fingerprint density at radius 2 is 1.41 bits per heavy atom. The van der Waals surface area contributed by atoms with Gasteiger partial charge in [-0.3, -0.25) is 0 Å². The van der Waals surface area contributed by atoms with Gasteiger partial charge in [-0.05, 0) is 49.6 Å². The van der Waals surface area contributed by atoms with E-state index in [9.17, 15) is 9.59 Å². The van der Waals surface area contributed by atoms with Gasteiger partial charge in [0.05, 0.1) is 39.6 Å². The molecule has 0 aromatic heterocycles. The lowest BCUT2D eigenvalue weighted by Gasteiger charge is -2.19. The second-order valence-electron chi connectivity index (χ2n) is 6.09. The summed E-state index contributed by atoms with van der Waals surface area (Å²) >= 11 is 0. The molecule has 0 bridgehead atoms. The van der Waals surface area contributed by atoms with E-state index in [1.54, 1.807) is 32.4 Å². The summed E-state index contributed by atoms with van der Waals surface area (Å²) in [4.78, 5) is 25.1. The van der Waals surface area contributed by atoms with Crippen LogP contribution in [0, 0.1) is 0 Å². The predicted octanol–water partition coefficient (Wildman–Crippen LogP) is 3.30. The maximum Gasteiger partial charge on any atom is 0.339 e. The normalized spacial score (nSPS) is 17.2. The predicted molar refractivity (Wildman–Crippen MR) is 100 cm³/mol. The Balaban J connectivity index is 3.02. The molecule has 144 valence electrons. The monoisotopic (exact) mass is 372 g/mol. The molecule has 2 aliphatic carbocycles. The summed E-state index contributed by atoms with van der Waals surface area (Å²) in [6.07, 6.45) is 5.14. The first kappa shape index (κ1) is 20.3. The van der Waals surface area contributed by atoms with Crippen molar-refractivity contribution >= 4 is 11.9 Å². The van der Waals surface area contributed by atoms with Crippen molar-refractivity contribution in [2.45, 2.75) is 20.8 Å². The number of hydrogen-bond donors (Lipinski definition) is 0. The van der Waals surface area contributed by atoms with Gasteiger partial charge >= 0.3 is 11.9 Å². The number of carbonyl (C=O) groups is 2. The Labute approximate surface area is 159 Å². The molecule has 27 heavy (non-hydrogen) atoms. The standard InChI is InChI=1S/C21H24O6/c1-11-8-9-14(20(22)26-6)18(21(23)27-7)17-12(2)10-15(24-4)19(25-5)13(3)16(11)17/h8-10H,1-7H3. The van der Waals surface area contributed by atoms with Gasteiger partial charge < -0.3 is 18.9 Å². The molecule has 0 radical (unpaired) electrons. The first-order valence-corrected chi connectivity index (χ1v) is 8.35. The molecule has 6 heteroatoms. The first-order chi connectivity index (χ1) is 12.8. The van der Waals surface area contributed by atoms with Gasteiger partial charge in [-0.1, -0.05) is 6.08 Å². The van der Waals surface area contributed by atoms with Crippen LogP contribution in [0.2, 0.25) is 0 Å². The van der Waals surface area contributed by atoms with Crippen molar-refractivity contribution in [3.8, 4) is 0 Å². The summed E-state index contributed by atoms with van der Waals surface area (Å²) < 4.78 is 20.9. The Kier molecular flexibility index (Phi) is 6.10. The van der Waals surface area contributed by atoms with E-state index in [2.05, 4.69) is 0 Å². The molecule has 0 aliphatic heterocycles. The Morgan fingerprint density at radius 3 is 1.93 bits per heavy atom. The SMILES string of the molecule is COC(=O)C1=CC=C(C)C2=C(C)C(OC)=C(OC)C=C(C)C2=C1C(=O)OC. The average Bonchev–Trinajstić information content (AvgIpc) is 2.88. The maximum absolute atomic E-state index is 12.7. The third kappa shape index (κ3) is 3.47. The van der Waals surface area contributed by atoms with E-state index >= 15 is 0 Å². The Morgan fingerprint density at radius 1 is 0.778 bits per heavy atom. The van der Waals surface area contributed by atoms with Crippen LogP contribution in [-0.2, 0) is 28.5 Å². The van der Waals surface area contributed by atoms with Crippen LogP contribution in [0.15, 0.2) is 68.8 Å². The largest absolute Gasteiger partial charge is 0.493 e. The van der Waals surface area contributed by atoms with Crippen LogP contribution in [-0.4, -0.2) is 40.4 Å². The summed E-state index contributed by atoms with van der Waals surface area (Å²) in [5, 5.41) is 0. The van der Waals surface area contributed by atoms with Gasteiger partial charge in [0.15, 0.2) is 11.5 Å². The van der Waals surface area contributed by atoms with Gasteiger partial charge in [-0.15, -0.1) is 0 Å². The Hall–Kier alpha value is -3.02. The van der Waals surface area contributed by atoms with Crippen molar-refractivity contribution in [1.29, 1.82) is 0 Å². The molecule has 0 saturated carbocycles. The summed E-state index contributed by atoms with van der Waals surface area (Å²) in [7, 11) is 5.66. The van der Waals surface area contributed by atoms with Gasteiger partial charge in [0, 0.05) is 11.1 Å². The second-order valence-corrected chi connectivity index (χ2v) is 6.09. The third-order valence-corrected chi connectivity index (χ3v) is 4.56. The molecule has 0 spiro atoms. The molecule has 0 atom stereocenters. The lowest BCUT2D eigenvalue weighted by molar-refractivity contribution is -0.139. The molecule has 0 aromatic carbocycles. The number of carbonyl (C=O) groups excluding carboxylic acids is 2. The molecule has 0 unspecified atom stereocenters. The smallest absolute Gasteiger partial charge is 0.339 e. The van der Waals surface area contributed by atoms with Crippen LogP contribution in [0.5, 0.6) is 0 Å². The maximum atomic E-state index is 12.7. The first-order valence-electron chi connectivity index (χ1n) is 8.35. The molecular formula is C21H24O6. The van der Waals surface area contributed by atoms with Crippen LogP contribution in [0.4, 0.5) is 0 Å². The minimum atomic E-state index is -0.623. The molecule has 0 fully saturated rings. The van der Waals surface area contributed by atoms with Crippen molar-refractivity contribution in [1.82, 2.24) is 0 Å². The van der Waals surface area contributed by atoms with Gasteiger partial charge in [0.25, 0.3) is 0 Å². The molecular weight excluding hydrogens is 348 g/mol. The van der Waals surface area contributed by atoms with Gasteiger partial charge in [-0.25, -0.2) is 9.59 Å². The van der Waals surface area contributed by atoms with Crippen molar-refractivity contribution in [2.24, 2.45) is 0 Å². The van der Waals surface area contributed by atoms with Crippen LogP contribution >= 0.6 is 0 Å². The van der Waals surface area contributed by atoms with Crippen molar-refractivity contribution < 1.29 is 28.5 Å². The zero-order chi connectivity index (χ0) is 20.3. The quantitative estimate of drug-likeness (QED) is 0.705. The molecule has 0 saturated heterocycles. The van der Waals surface area contributed by atoms with Crippen molar-refractivity contribution in [3.05, 3.63) is 68.8 Å². The fourth-order valence-electron chi connectivity index (χ4n) is 3.34. The third-order valence-electron chi connectivity index (χ3n) is 4.56. The fraction of sp³-hybridized carbons (Fsp3) is 0.333. The summed E-state index contributed by atoms with van der Waals surface area (Å²) in [6.45, 7) is 5.63. The molecule has 0 aromatic rings. The van der Waals surface area contributed by atoms with E-state index in [1.807, 2.05) is 20.8 Å². The highest BCUT2D eigenvalue weighted by Gasteiger charge is 2.33. The average molecular weight is 372 g/mol. The number of ether oxygens (including phenoxy) is 4. The zero-order valence-electron chi connectivity index (χ0n) is 16.7. The van der Waals surface area contributed by atoms with E-state index in [4.69, 9.17) is 18.9 Å². The van der Waals surface area contributed by atoms with Crippen LogP contribution < -0.4 is 0 Å². The van der Waals surface area contributed by atoms with Gasteiger partial charge in [0.2, 0.25) is 0 Å². The number of rotatable bonds is 4. The van der Waals surface area contributed by atoms with Crippen LogP contribution in [0.1, 0.15) is 20.8 Å². The highest BCUT2D eigenvalue weighted by molar-refractivity contribution is 6.09. The van der Waals surface area contributed by atoms with E-state index < -0.39 is 11.9 Å². The van der Waals surface area contributed by atoms with Gasteiger partial charge in [0.1, 0.15) is 0 Å². The molecule has 0 N–H and O–H groups in total. The lowest BCUT2D eigenvalue weighted by Crippen LogP contribution is -2.18. The highest BCUT2D eigenvalue weighted by atomic mass is 16.5. The molecule has 2 aliphatic rings. The van der Waals surface area contributed by atoms with Crippen molar-refractivity contribution in [2.75, 3.05) is 28.4 Å². The molecule has 2 rings (SSSR count). The Bertz CT molecular complexity index is 874. The molecule has 0 heterocycles. The molecule has 6 nitrogen and oxygen atoms in total. The topological polar surface area (TPSA) is 71.1 Å². The number of esters is 2. The number of allylic oxidation sites excluding steroid dienone is 8. The summed E-state index contributed by atoms with van der Waals surface area (Å²) in [6, 6.07) is 0. The van der Waals surface area contributed by atoms with E-state index in [-0.39, 0.29) is 11.1 Å². The number of methoxy groups -OCH3 is 4. The number of fused-ring (bicyclic) bond motifs is 1. The van der Waals surface area contributed by atoms with E-state index in [0.717, 1.165) is 22.3 Å². The zero-order valence-corrected chi connectivity index (χ0v) is 16.7. The fourth-order valence-corrected chi connectivity index (χ4v) is 3.34. The lowest BCUT2D eigenvalue weighted by atomic mass is 9.86. The minimum absolute atomic E-state index is 0.133. The van der Waals surface area contributed by atoms with Crippen molar-refractivity contribution in [3.63, 3.8) is 0 Å². The van der Waals surface area contributed by atoms with Gasteiger partial charge in [-0.2, -0.15) is 0 Å².